The van der Waals surface area contributed by atoms with Crippen LogP contribution in [0, 0.1) is 0 Å². The third kappa shape index (κ3) is 3.11. The van der Waals surface area contributed by atoms with Crippen LogP contribution in [0.2, 0.25) is 0 Å². The van der Waals surface area contributed by atoms with E-state index in [9.17, 15) is 9.59 Å². The molecule has 0 unspecified atom stereocenters. The summed E-state index contributed by atoms with van der Waals surface area (Å²) in [5.74, 6) is 0.156. The van der Waals surface area contributed by atoms with Gasteiger partial charge in [0.15, 0.2) is 0 Å². The number of ether oxygens (including phenoxy) is 2. The highest BCUT2D eigenvalue weighted by molar-refractivity contribution is 6.06. The fourth-order valence-electron chi connectivity index (χ4n) is 5.49. The molecule has 2 saturated heterocycles. The third-order valence-electron chi connectivity index (χ3n) is 7.45. The molecule has 3 aromatic rings. The Kier molecular flexibility index (Phi) is 3.79. The standard InChI is InChI=1S/C25H26N4O4/c1-24-12-25(13-24,14-32-24)20-11-28-10-17(19(9-21(28)27-20)33-16-6-7-16)22(30)26-18-3-2-8-29(23(18)31)15-4-5-15/h2-3,8-11,15-16H,4-7,12-14H2,1H3,(H,26,30). The van der Waals surface area contributed by atoms with Gasteiger partial charge in [0.05, 0.1) is 29.6 Å². The summed E-state index contributed by atoms with van der Waals surface area (Å²) in [7, 11) is 0. The number of carbonyl (C=O) groups excluding carboxylic acids is 1. The molecule has 5 fully saturated rings. The fraction of sp³-hybridized carbons (Fsp3) is 0.480. The van der Waals surface area contributed by atoms with E-state index in [4.69, 9.17) is 14.5 Å². The van der Waals surface area contributed by atoms with Crippen molar-refractivity contribution in [3.8, 4) is 5.75 Å². The summed E-state index contributed by atoms with van der Waals surface area (Å²) in [6, 6.07) is 5.55. The summed E-state index contributed by atoms with van der Waals surface area (Å²) >= 11 is 0. The minimum absolute atomic E-state index is 0.0237. The lowest BCUT2D eigenvalue weighted by Crippen LogP contribution is -2.45. The average Bonchev–Trinajstić information content (AvgIpc) is 3.68. The molecule has 2 aliphatic heterocycles. The Morgan fingerprint density at radius 3 is 2.76 bits per heavy atom. The van der Waals surface area contributed by atoms with Crippen molar-refractivity contribution < 1.29 is 14.3 Å². The van der Waals surface area contributed by atoms with E-state index in [2.05, 4.69) is 12.2 Å². The van der Waals surface area contributed by atoms with Gasteiger partial charge < -0.3 is 23.8 Å². The maximum absolute atomic E-state index is 13.3. The molecule has 5 heterocycles. The number of imidazole rings is 1. The van der Waals surface area contributed by atoms with E-state index in [1.165, 1.54) is 0 Å². The molecule has 1 amide bonds. The zero-order chi connectivity index (χ0) is 22.4. The molecule has 8 nitrogen and oxygen atoms in total. The number of hydrogen-bond donors (Lipinski definition) is 1. The summed E-state index contributed by atoms with van der Waals surface area (Å²) < 4.78 is 15.6. The highest BCUT2D eigenvalue weighted by Crippen LogP contribution is 2.58. The Morgan fingerprint density at radius 2 is 2.06 bits per heavy atom. The van der Waals surface area contributed by atoms with Gasteiger partial charge in [-0.15, -0.1) is 0 Å². The number of pyridine rings is 2. The van der Waals surface area contributed by atoms with Gasteiger partial charge in [-0.05, 0) is 57.6 Å². The maximum Gasteiger partial charge on any atom is 0.274 e. The number of amides is 1. The molecular formula is C25H26N4O4. The van der Waals surface area contributed by atoms with Crippen LogP contribution in [-0.4, -0.2) is 38.2 Å². The number of nitrogens with one attached hydrogen (secondary N) is 1. The molecular weight excluding hydrogens is 420 g/mol. The monoisotopic (exact) mass is 446 g/mol. The molecule has 0 aromatic carbocycles. The van der Waals surface area contributed by atoms with Crippen LogP contribution in [0.1, 0.15) is 67.5 Å². The summed E-state index contributed by atoms with van der Waals surface area (Å²) in [5, 5.41) is 2.82. The Balaban J connectivity index is 1.24. The van der Waals surface area contributed by atoms with Crippen LogP contribution < -0.4 is 15.6 Å². The first-order valence-corrected chi connectivity index (χ1v) is 11.8. The zero-order valence-corrected chi connectivity index (χ0v) is 18.5. The van der Waals surface area contributed by atoms with Gasteiger partial charge in [0.1, 0.15) is 17.1 Å². The smallest absolute Gasteiger partial charge is 0.274 e. The Bertz CT molecular complexity index is 1360. The van der Waals surface area contributed by atoms with E-state index < -0.39 is 0 Å². The van der Waals surface area contributed by atoms with Gasteiger partial charge in [-0.25, -0.2) is 4.98 Å². The lowest BCUT2D eigenvalue weighted by Gasteiger charge is -2.41. The fourth-order valence-corrected chi connectivity index (χ4v) is 5.49. The molecule has 170 valence electrons. The first kappa shape index (κ1) is 19.3. The van der Waals surface area contributed by atoms with Crippen LogP contribution in [0.15, 0.2) is 41.6 Å². The molecule has 8 rings (SSSR count). The first-order chi connectivity index (χ1) is 15.9. The number of hydrogen-bond acceptors (Lipinski definition) is 5. The van der Waals surface area contributed by atoms with E-state index in [-0.39, 0.29) is 40.3 Å². The van der Waals surface area contributed by atoms with Gasteiger partial charge in [0, 0.05) is 36.1 Å². The molecule has 1 N–H and O–H groups in total. The lowest BCUT2D eigenvalue weighted by atomic mass is 9.62. The molecule has 3 aliphatic carbocycles. The highest BCUT2D eigenvalue weighted by atomic mass is 16.5. The number of aromatic nitrogens is 3. The number of anilines is 1. The molecule has 5 aliphatic rings. The molecule has 3 aromatic heterocycles. The number of rotatable bonds is 6. The second-order valence-electron chi connectivity index (χ2n) is 10.5. The normalized spacial score (nSPS) is 28.0. The van der Waals surface area contributed by atoms with Crippen molar-refractivity contribution in [2.45, 2.75) is 68.6 Å². The van der Waals surface area contributed by atoms with Crippen molar-refractivity contribution >= 4 is 17.2 Å². The van der Waals surface area contributed by atoms with E-state index in [0.717, 1.165) is 49.9 Å². The van der Waals surface area contributed by atoms with Crippen LogP contribution in [0.3, 0.4) is 0 Å². The van der Waals surface area contributed by atoms with Crippen LogP contribution in [0.4, 0.5) is 5.69 Å². The predicted molar refractivity (Wildman–Crippen MR) is 121 cm³/mol. The first-order valence-electron chi connectivity index (χ1n) is 11.8. The summed E-state index contributed by atoms with van der Waals surface area (Å²) in [5.41, 5.74) is 2.22. The summed E-state index contributed by atoms with van der Waals surface area (Å²) in [6.07, 6.45) is 11.6. The number of fused-ring (bicyclic) bond motifs is 2. The van der Waals surface area contributed by atoms with Gasteiger partial charge in [-0.1, -0.05) is 0 Å². The largest absolute Gasteiger partial charge is 0.489 e. The molecule has 33 heavy (non-hydrogen) atoms. The second kappa shape index (κ2) is 6.47. The lowest BCUT2D eigenvalue weighted by molar-refractivity contribution is 0.0154. The van der Waals surface area contributed by atoms with E-state index in [1.807, 2.05) is 16.7 Å². The van der Waals surface area contributed by atoms with Gasteiger partial charge in [0.25, 0.3) is 11.5 Å². The van der Waals surface area contributed by atoms with Crippen molar-refractivity contribution in [3.05, 3.63) is 58.4 Å². The quantitative estimate of drug-likeness (QED) is 0.627. The highest BCUT2D eigenvalue weighted by Gasteiger charge is 2.61. The Hall–Kier alpha value is -3.13. The summed E-state index contributed by atoms with van der Waals surface area (Å²) in [4.78, 5) is 31.0. The molecule has 8 heteroatoms. The van der Waals surface area contributed by atoms with Crippen molar-refractivity contribution in [2.24, 2.45) is 0 Å². The van der Waals surface area contributed by atoms with Crippen LogP contribution in [-0.2, 0) is 10.2 Å². The topological polar surface area (TPSA) is 86.9 Å². The van der Waals surface area contributed by atoms with E-state index in [1.54, 1.807) is 29.1 Å². The van der Waals surface area contributed by atoms with E-state index in [0.29, 0.717) is 17.9 Å². The van der Waals surface area contributed by atoms with Crippen molar-refractivity contribution in [1.82, 2.24) is 14.0 Å². The number of nitrogens with zero attached hydrogens (tertiary/aromatic N) is 3. The van der Waals surface area contributed by atoms with Gasteiger partial charge >= 0.3 is 0 Å². The summed E-state index contributed by atoms with van der Waals surface area (Å²) in [6.45, 7) is 2.84. The maximum atomic E-state index is 13.3. The van der Waals surface area contributed by atoms with E-state index >= 15 is 0 Å². The van der Waals surface area contributed by atoms with Crippen LogP contribution in [0.25, 0.3) is 5.65 Å². The second-order valence-corrected chi connectivity index (χ2v) is 10.5. The zero-order valence-electron chi connectivity index (χ0n) is 18.5. The van der Waals surface area contributed by atoms with Crippen LogP contribution >= 0.6 is 0 Å². The van der Waals surface area contributed by atoms with Crippen molar-refractivity contribution in [2.75, 3.05) is 11.9 Å². The molecule has 0 spiro atoms. The van der Waals surface area contributed by atoms with Crippen LogP contribution in [0.5, 0.6) is 5.75 Å². The van der Waals surface area contributed by atoms with Gasteiger partial charge in [-0.2, -0.15) is 0 Å². The Labute approximate surface area is 190 Å². The third-order valence-corrected chi connectivity index (χ3v) is 7.45. The Morgan fingerprint density at radius 1 is 1.24 bits per heavy atom. The number of carbonyl (C=O) groups is 1. The average molecular weight is 447 g/mol. The van der Waals surface area contributed by atoms with Crippen molar-refractivity contribution in [1.29, 1.82) is 0 Å². The molecule has 0 radical (unpaired) electrons. The molecule has 0 atom stereocenters. The molecule has 3 saturated carbocycles. The van der Waals surface area contributed by atoms with Gasteiger partial charge in [-0.3, -0.25) is 9.59 Å². The molecule has 2 bridgehead atoms. The van der Waals surface area contributed by atoms with Gasteiger partial charge in [0.2, 0.25) is 0 Å². The van der Waals surface area contributed by atoms with Crippen molar-refractivity contribution in [3.63, 3.8) is 0 Å². The minimum atomic E-state index is -0.355. The SMILES string of the molecule is CC12CC(c3cn4cc(C(=O)Nc5cccn(C6CC6)c5=O)c(OC5CC5)cc4n3)(CO1)C2. The predicted octanol–water partition coefficient (Wildman–Crippen LogP) is 3.44. The minimum Gasteiger partial charge on any atom is -0.489 e.